The standard InChI is InChI=1S/C62H123NO5/c1-3-5-7-9-11-13-15-17-19-21-23-25-27-29-31-33-35-37-39-41-43-45-47-49-51-53-55-59(65)61(67)58(57-64)63-62(68)60(66)56-54-52-50-48-46-44-42-40-38-36-34-32-30-28-26-24-22-20-18-16-14-12-10-8-6-4-2/h30,32,58-61,64-67H,3-29,31,33-57H2,1-2H3,(H,63,68)/b32-30-. The molecule has 0 aromatic carbocycles. The zero-order valence-electron chi connectivity index (χ0n) is 46.1. The van der Waals surface area contributed by atoms with Gasteiger partial charge in [0.1, 0.15) is 12.2 Å². The average Bonchev–Trinajstić information content (AvgIpc) is 3.34. The van der Waals surface area contributed by atoms with E-state index in [9.17, 15) is 25.2 Å². The third-order valence-corrected chi connectivity index (χ3v) is 15.0. The number of nitrogens with one attached hydrogen (secondary N) is 1. The first-order chi connectivity index (χ1) is 33.5. The number of allylic oxidation sites excluding steroid dienone is 2. The molecule has 0 spiro atoms. The summed E-state index contributed by atoms with van der Waals surface area (Å²) in [6, 6.07) is -0.985. The van der Waals surface area contributed by atoms with Crippen LogP contribution < -0.4 is 5.32 Å². The third-order valence-electron chi connectivity index (χ3n) is 15.0. The largest absolute Gasteiger partial charge is 0.394 e. The zero-order valence-corrected chi connectivity index (χ0v) is 46.1. The van der Waals surface area contributed by atoms with E-state index in [-0.39, 0.29) is 0 Å². The Morgan fingerprint density at radius 2 is 0.588 bits per heavy atom. The average molecular weight is 963 g/mol. The van der Waals surface area contributed by atoms with Crippen molar-refractivity contribution in [2.24, 2.45) is 0 Å². The lowest BCUT2D eigenvalue weighted by Gasteiger charge is -2.27. The molecule has 406 valence electrons. The summed E-state index contributed by atoms with van der Waals surface area (Å²) in [6.07, 6.45) is 68.7. The smallest absolute Gasteiger partial charge is 0.249 e. The summed E-state index contributed by atoms with van der Waals surface area (Å²) in [5.74, 6) is -0.578. The normalized spacial score (nSPS) is 13.7. The molecule has 0 fully saturated rings. The minimum Gasteiger partial charge on any atom is -0.394 e. The Morgan fingerprint density at radius 1 is 0.353 bits per heavy atom. The van der Waals surface area contributed by atoms with Crippen molar-refractivity contribution >= 4 is 5.91 Å². The van der Waals surface area contributed by atoms with Crippen molar-refractivity contribution in [3.63, 3.8) is 0 Å². The first-order valence-corrected chi connectivity index (χ1v) is 31.1. The van der Waals surface area contributed by atoms with Gasteiger partial charge in [0.2, 0.25) is 5.91 Å². The number of amides is 1. The lowest BCUT2D eigenvalue weighted by atomic mass is 9.99. The second-order valence-corrected chi connectivity index (χ2v) is 21.8. The Labute approximate surface area is 425 Å². The number of carbonyl (C=O) groups excluding carboxylic acids is 1. The first kappa shape index (κ1) is 67.0. The van der Waals surface area contributed by atoms with Crippen molar-refractivity contribution in [2.75, 3.05) is 6.61 Å². The first-order valence-electron chi connectivity index (χ1n) is 31.1. The van der Waals surface area contributed by atoms with Gasteiger partial charge in [-0.15, -0.1) is 0 Å². The fourth-order valence-electron chi connectivity index (χ4n) is 10.1. The minimum absolute atomic E-state index is 0.371. The predicted molar refractivity (Wildman–Crippen MR) is 298 cm³/mol. The van der Waals surface area contributed by atoms with Crippen molar-refractivity contribution in [3.05, 3.63) is 12.2 Å². The summed E-state index contributed by atoms with van der Waals surface area (Å²) in [5, 5.41) is 44.1. The second kappa shape index (κ2) is 57.0. The van der Waals surface area contributed by atoms with Gasteiger partial charge in [-0.05, 0) is 38.5 Å². The van der Waals surface area contributed by atoms with Crippen molar-refractivity contribution < 1.29 is 25.2 Å². The molecule has 0 rings (SSSR count). The number of aliphatic hydroxyl groups is 4. The summed E-state index contributed by atoms with van der Waals surface area (Å²) in [5.41, 5.74) is 0. The fourth-order valence-corrected chi connectivity index (χ4v) is 10.1. The highest BCUT2D eigenvalue weighted by atomic mass is 16.3. The van der Waals surface area contributed by atoms with Crippen LogP contribution in [0.3, 0.4) is 0 Å². The Hall–Kier alpha value is -0.950. The maximum Gasteiger partial charge on any atom is 0.249 e. The molecular weight excluding hydrogens is 839 g/mol. The van der Waals surface area contributed by atoms with Crippen LogP contribution in [0, 0.1) is 0 Å². The molecule has 68 heavy (non-hydrogen) atoms. The lowest BCUT2D eigenvalue weighted by molar-refractivity contribution is -0.132. The van der Waals surface area contributed by atoms with E-state index >= 15 is 0 Å². The predicted octanol–water partition coefficient (Wildman–Crippen LogP) is 18.4. The van der Waals surface area contributed by atoms with Gasteiger partial charge in [-0.3, -0.25) is 4.79 Å². The van der Waals surface area contributed by atoms with Gasteiger partial charge >= 0.3 is 0 Å². The van der Waals surface area contributed by atoms with E-state index in [2.05, 4.69) is 31.3 Å². The van der Waals surface area contributed by atoms with Crippen molar-refractivity contribution in [3.8, 4) is 0 Å². The highest BCUT2D eigenvalue weighted by molar-refractivity contribution is 5.80. The monoisotopic (exact) mass is 962 g/mol. The molecule has 0 aliphatic carbocycles. The number of hydrogen-bond acceptors (Lipinski definition) is 5. The maximum atomic E-state index is 12.6. The molecule has 0 saturated heterocycles. The van der Waals surface area contributed by atoms with Crippen LogP contribution in [0.5, 0.6) is 0 Å². The molecule has 6 heteroatoms. The molecule has 0 aromatic rings. The van der Waals surface area contributed by atoms with Gasteiger partial charge in [0.15, 0.2) is 0 Å². The molecular formula is C62H123NO5. The summed E-state index contributed by atoms with van der Waals surface area (Å²) in [4.78, 5) is 12.6. The molecule has 0 saturated carbocycles. The molecule has 5 N–H and O–H groups in total. The van der Waals surface area contributed by atoms with Crippen molar-refractivity contribution in [2.45, 2.75) is 372 Å². The van der Waals surface area contributed by atoms with Gasteiger partial charge in [-0.25, -0.2) is 0 Å². The maximum absolute atomic E-state index is 12.6. The summed E-state index contributed by atoms with van der Waals surface area (Å²) in [7, 11) is 0. The summed E-state index contributed by atoms with van der Waals surface area (Å²) < 4.78 is 0. The molecule has 0 heterocycles. The topological polar surface area (TPSA) is 110 Å². The van der Waals surface area contributed by atoms with Gasteiger partial charge in [0, 0.05) is 0 Å². The number of carbonyl (C=O) groups is 1. The van der Waals surface area contributed by atoms with E-state index in [1.165, 1.54) is 283 Å². The molecule has 1 amide bonds. The highest BCUT2D eigenvalue weighted by Crippen LogP contribution is 2.19. The van der Waals surface area contributed by atoms with Crippen LogP contribution in [-0.4, -0.2) is 57.3 Å². The molecule has 4 unspecified atom stereocenters. The number of unbranched alkanes of at least 4 members (excludes halogenated alkanes) is 47. The SMILES string of the molecule is CCCCCCCCCCCCCC/C=C\CCCCCCCCCCCCC(O)C(=O)NC(CO)C(O)C(O)CCCCCCCCCCCCCCCCCCCCCCCCCCCC. The number of aliphatic hydroxyl groups excluding tert-OH is 4. The van der Waals surface area contributed by atoms with Gasteiger partial charge in [-0.2, -0.15) is 0 Å². The molecule has 0 aliphatic heterocycles. The van der Waals surface area contributed by atoms with Gasteiger partial charge in [0.05, 0.1) is 18.8 Å². The number of hydrogen-bond donors (Lipinski definition) is 5. The van der Waals surface area contributed by atoms with Gasteiger partial charge in [0.25, 0.3) is 0 Å². The molecule has 6 nitrogen and oxygen atoms in total. The van der Waals surface area contributed by atoms with Gasteiger partial charge in [-0.1, -0.05) is 321 Å². The van der Waals surface area contributed by atoms with Gasteiger partial charge < -0.3 is 25.7 Å². The van der Waals surface area contributed by atoms with E-state index in [0.29, 0.717) is 12.8 Å². The van der Waals surface area contributed by atoms with Crippen molar-refractivity contribution in [1.82, 2.24) is 5.32 Å². The molecule has 0 aliphatic rings. The second-order valence-electron chi connectivity index (χ2n) is 21.8. The summed E-state index contributed by atoms with van der Waals surface area (Å²) >= 11 is 0. The van der Waals surface area contributed by atoms with Crippen LogP contribution in [0.2, 0.25) is 0 Å². The molecule has 0 bridgehead atoms. The Kier molecular flexibility index (Phi) is 56.2. The Balaban J connectivity index is 3.57. The summed E-state index contributed by atoms with van der Waals surface area (Å²) in [6.45, 7) is 4.10. The van der Waals surface area contributed by atoms with Crippen LogP contribution in [-0.2, 0) is 4.79 Å². The van der Waals surface area contributed by atoms with Crippen LogP contribution in [0.4, 0.5) is 0 Å². The van der Waals surface area contributed by atoms with Crippen LogP contribution >= 0.6 is 0 Å². The third kappa shape index (κ3) is 50.0. The van der Waals surface area contributed by atoms with Crippen LogP contribution in [0.15, 0.2) is 12.2 Å². The van der Waals surface area contributed by atoms with E-state index < -0.39 is 36.9 Å². The van der Waals surface area contributed by atoms with Crippen LogP contribution in [0.1, 0.15) is 348 Å². The number of rotatable bonds is 58. The van der Waals surface area contributed by atoms with Crippen LogP contribution in [0.25, 0.3) is 0 Å². The Morgan fingerprint density at radius 3 is 0.853 bits per heavy atom. The van der Waals surface area contributed by atoms with E-state index in [1.807, 2.05) is 0 Å². The highest BCUT2D eigenvalue weighted by Gasteiger charge is 2.28. The minimum atomic E-state index is -1.26. The Bertz CT molecular complexity index is 990. The quantitative estimate of drug-likeness (QED) is 0.0308. The molecule has 0 radical (unpaired) electrons. The van der Waals surface area contributed by atoms with E-state index in [0.717, 1.165) is 38.5 Å². The lowest BCUT2D eigenvalue weighted by Crippen LogP contribution is -2.53. The zero-order chi connectivity index (χ0) is 49.5. The van der Waals surface area contributed by atoms with Crippen molar-refractivity contribution in [1.29, 1.82) is 0 Å². The van der Waals surface area contributed by atoms with E-state index in [1.54, 1.807) is 0 Å². The van der Waals surface area contributed by atoms with E-state index in [4.69, 9.17) is 0 Å². The fraction of sp³-hybridized carbons (Fsp3) is 0.952. The molecule has 4 atom stereocenters. The molecule has 0 aromatic heterocycles.